The highest BCUT2D eigenvalue weighted by Crippen LogP contribution is 2.23. The second-order valence-electron chi connectivity index (χ2n) is 4.78. The van der Waals surface area contributed by atoms with Crippen molar-refractivity contribution in [1.29, 1.82) is 0 Å². The molecule has 0 spiro atoms. The fourth-order valence-corrected chi connectivity index (χ4v) is 1.72. The maximum atomic E-state index is 3.49. The van der Waals surface area contributed by atoms with Gasteiger partial charge in [0.2, 0.25) is 0 Å². The quantitative estimate of drug-likeness (QED) is 0.719. The number of para-hydroxylation sites is 1. The second kappa shape index (κ2) is 6.54. The van der Waals surface area contributed by atoms with Crippen LogP contribution in [0.4, 0.5) is 5.69 Å². The van der Waals surface area contributed by atoms with E-state index in [1.807, 2.05) is 0 Å². The van der Waals surface area contributed by atoms with Gasteiger partial charge in [0.15, 0.2) is 0 Å². The summed E-state index contributed by atoms with van der Waals surface area (Å²) in [4.78, 5) is 0. The smallest absolute Gasteiger partial charge is 0.0375 e. The first-order chi connectivity index (χ1) is 7.61. The number of benzene rings is 1. The van der Waals surface area contributed by atoms with E-state index in [0.29, 0.717) is 12.0 Å². The van der Waals surface area contributed by atoms with Crippen molar-refractivity contribution in [3.63, 3.8) is 0 Å². The minimum Gasteiger partial charge on any atom is -0.384 e. The van der Waals surface area contributed by atoms with Gasteiger partial charge >= 0.3 is 0 Å². The number of hydrogen-bond donors (Lipinski definition) is 2. The summed E-state index contributed by atoms with van der Waals surface area (Å²) in [6.07, 6.45) is 0. The first-order valence-electron chi connectivity index (χ1n) is 6.17. The third-order valence-corrected chi connectivity index (χ3v) is 2.58. The van der Waals surface area contributed by atoms with Gasteiger partial charge in [-0.15, -0.1) is 0 Å². The molecule has 0 unspecified atom stereocenters. The number of rotatable bonds is 6. The van der Waals surface area contributed by atoms with Gasteiger partial charge in [-0.1, -0.05) is 45.9 Å². The van der Waals surface area contributed by atoms with Crippen LogP contribution in [0.2, 0.25) is 0 Å². The summed E-state index contributed by atoms with van der Waals surface area (Å²) in [6, 6.07) is 9.10. The Labute approximate surface area is 99.5 Å². The summed E-state index contributed by atoms with van der Waals surface area (Å²) in [5.74, 6) is 0.571. The van der Waals surface area contributed by atoms with Gasteiger partial charge < -0.3 is 10.6 Å². The second-order valence-corrected chi connectivity index (χ2v) is 4.78. The van der Waals surface area contributed by atoms with E-state index in [2.05, 4.69) is 62.6 Å². The van der Waals surface area contributed by atoms with Crippen LogP contribution < -0.4 is 10.6 Å². The Morgan fingerprint density at radius 2 is 1.69 bits per heavy atom. The lowest BCUT2D eigenvalue weighted by Gasteiger charge is -2.15. The van der Waals surface area contributed by atoms with Crippen LogP contribution in [0.25, 0.3) is 0 Å². The molecule has 0 heterocycles. The van der Waals surface area contributed by atoms with Crippen molar-refractivity contribution in [1.82, 2.24) is 5.32 Å². The van der Waals surface area contributed by atoms with Gasteiger partial charge in [-0.3, -0.25) is 0 Å². The third-order valence-electron chi connectivity index (χ3n) is 2.58. The van der Waals surface area contributed by atoms with Crippen molar-refractivity contribution in [2.45, 2.75) is 39.7 Å². The van der Waals surface area contributed by atoms with Crippen LogP contribution in [-0.4, -0.2) is 19.1 Å². The molecule has 2 nitrogen and oxygen atoms in total. The molecule has 1 aromatic rings. The molecular weight excluding hydrogens is 196 g/mol. The maximum Gasteiger partial charge on any atom is 0.0375 e. The molecule has 0 radical (unpaired) electrons. The molecule has 2 heteroatoms. The van der Waals surface area contributed by atoms with Gasteiger partial charge in [0.05, 0.1) is 0 Å². The highest BCUT2D eigenvalue weighted by molar-refractivity contribution is 5.52. The van der Waals surface area contributed by atoms with E-state index >= 15 is 0 Å². The van der Waals surface area contributed by atoms with Gasteiger partial charge in [0, 0.05) is 24.8 Å². The lowest BCUT2D eigenvalue weighted by Crippen LogP contribution is -2.28. The van der Waals surface area contributed by atoms with Crippen LogP contribution in [0.15, 0.2) is 24.3 Å². The average Bonchev–Trinajstić information content (AvgIpc) is 2.24. The SMILES string of the molecule is CC(C)NCCNc1ccccc1C(C)C. The predicted molar refractivity (Wildman–Crippen MR) is 72.2 cm³/mol. The van der Waals surface area contributed by atoms with Crippen LogP contribution >= 0.6 is 0 Å². The fourth-order valence-electron chi connectivity index (χ4n) is 1.72. The van der Waals surface area contributed by atoms with Crippen LogP contribution in [-0.2, 0) is 0 Å². The molecular formula is C14H24N2. The molecule has 2 N–H and O–H groups in total. The Balaban J connectivity index is 2.47. The molecule has 0 atom stereocenters. The molecule has 0 bridgehead atoms. The molecule has 0 aliphatic carbocycles. The van der Waals surface area contributed by atoms with Crippen LogP contribution in [0.5, 0.6) is 0 Å². The van der Waals surface area contributed by atoms with E-state index in [0.717, 1.165) is 13.1 Å². The van der Waals surface area contributed by atoms with Gasteiger partial charge in [-0.25, -0.2) is 0 Å². The molecule has 16 heavy (non-hydrogen) atoms. The van der Waals surface area contributed by atoms with Crippen molar-refractivity contribution >= 4 is 5.69 Å². The Morgan fingerprint density at radius 3 is 2.31 bits per heavy atom. The minimum absolute atomic E-state index is 0.558. The van der Waals surface area contributed by atoms with Crippen LogP contribution in [0, 0.1) is 0 Å². The monoisotopic (exact) mass is 220 g/mol. The zero-order valence-electron chi connectivity index (χ0n) is 10.9. The van der Waals surface area contributed by atoms with Crippen molar-refractivity contribution in [2.24, 2.45) is 0 Å². The van der Waals surface area contributed by atoms with E-state index in [-0.39, 0.29) is 0 Å². The summed E-state index contributed by atoms with van der Waals surface area (Å²) < 4.78 is 0. The van der Waals surface area contributed by atoms with Crippen LogP contribution in [0.3, 0.4) is 0 Å². The largest absolute Gasteiger partial charge is 0.384 e. The van der Waals surface area contributed by atoms with Gasteiger partial charge in [-0.2, -0.15) is 0 Å². The molecule has 1 rings (SSSR count). The maximum absolute atomic E-state index is 3.49. The Morgan fingerprint density at radius 1 is 1.00 bits per heavy atom. The van der Waals surface area contributed by atoms with E-state index in [4.69, 9.17) is 0 Å². The predicted octanol–water partition coefficient (Wildman–Crippen LogP) is 3.22. The standard InChI is InChI=1S/C14H24N2/c1-11(2)13-7-5-6-8-14(13)16-10-9-15-12(3)4/h5-8,11-12,15-16H,9-10H2,1-4H3. The molecule has 90 valence electrons. The third kappa shape index (κ3) is 4.23. The molecule has 0 saturated heterocycles. The summed E-state index contributed by atoms with van der Waals surface area (Å²) >= 11 is 0. The van der Waals surface area contributed by atoms with Gasteiger partial charge in [0.1, 0.15) is 0 Å². The zero-order chi connectivity index (χ0) is 12.0. The first-order valence-corrected chi connectivity index (χ1v) is 6.17. The van der Waals surface area contributed by atoms with Gasteiger partial charge in [-0.05, 0) is 17.5 Å². The molecule has 0 aromatic heterocycles. The normalized spacial score (nSPS) is 11.1. The lowest BCUT2D eigenvalue weighted by atomic mass is 10.0. The van der Waals surface area contributed by atoms with Crippen molar-refractivity contribution in [3.05, 3.63) is 29.8 Å². The highest BCUT2D eigenvalue weighted by atomic mass is 15.0. The molecule has 0 aliphatic rings. The molecule has 0 amide bonds. The highest BCUT2D eigenvalue weighted by Gasteiger charge is 2.04. The minimum atomic E-state index is 0.558. The van der Waals surface area contributed by atoms with Crippen LogP contribution in [0.1, 0.15) is 39.2 Å². The summed E-state index contributed by atoms with van der Waals surface area (Å²) in [6.45, 7) is 10.8. The lowest BCUT2D eigenvalue weighted by molar-refractivity contribution is 0.602. The van der Waals surface area contributed by atoms with E-state index in [1.54, 1.807) is 0 Å². The summed E-state index contributed by atoms with van der Waals surface area (Å²) in [5, 5.41) is 6.89. The van der Waals surface area contributed by atoms with E-state index in [1.165, 1.54) is 11.3 Å². The topological polar surface area (TPSA) is 24.1 Å². The molecule has 0 fully saturated rings. The Bertz CT molecular complexity index is 305. The molecule has 0 saturated carbocycles. The van der Waals surface area contributed by atoms with Crippen molar-refractivity contribution in [2.75, 3.05) is 18.4 Å². The molecule has 0 aliphatic heterocycles. The summed E-state index contributed by atoms with van der Waals surface area (Å²) in [7, 11) is 0. The first kappa shape index (κ1) is 13.0. The average molecular weight is 220 g/mol. The Kier molecular flexibility index (Phi) is 5.33. The summed E-state index contributed by atoms with van der Waals surface area (Å²) in [5.41, 5.74) is 2.66. The van der Waals surface area contributed by atoms with E-state index < -0.39 is 0 Å². The number of anilines is 1. The van der Waals surface area contributed by atoms with Crippen molar-refractivity contribution < 1.29 is 0 Å². The molecule has 1 aromatic carbocycles. The van der Waals surface area contributed by atoms with Crippen molar-refractivity contribution in [3.8, 4) is 0 Å². The van der Waals surface area contributed by atoms with E-state index in [9.17, 15) is 0 Å². The fraction of sp³-hybridized carbons (Fsp3) is 0.571. The Hall–Kier alpha value is -1.02. The number of hydrogen-bond acceptors (Lipinski definition) is 2. The van der Waals surface area contributed by atoms with Gasteiger partial charge in [0.25, 0.3) is 0 Å². The number of nitrogens with one attached hydrogen (secondary N) is 2. The zero-order valence-corrected chi connectivity index (χ0v) is 10.9.